The molecular weight excluding hydrogens is 226 g/mol. The Kier molecular flexibility index (Phi) is 2.10. The molecule has 0 unspecified atom stereocenters. The second-order valence-electron chi connectivity index (χ2n) is 4.58. The lowest BCUT2D eigenvalue weighted by Crippen LogP contribution is -2.21. The van der Waals surface area contributed by atoms with Crippen molar-refractivity contribution >= 4 is 11.6 Å². The van der Waals surface area contributed by atoms with E-state index in [-0.39, 0.29) is 12.2 Å². The second-order valence-corrected chi connectivity index (χ2v) is 4.98. The van der Waals surface area contributed by atoms with Crippen LogP contribution in [0.5, 0.6) is 11.5 Å². The predicted octanol–water partition coefficient (Wildman–Crippen LogP) is 2.37. The number of benzene rings is 1. The van der Waals surface area contributed by atoms with Gasteiger partial charge in [-0.15, -0.1) is 0 Å². The van der Waals surface area contributed by atoms with Crippen LogP contribution in [0, 0.1) is 6.92 Å². The van der Waals surface area contributed by atoms with E-state index in [2.05, 4.69) is 0 Å². The third kappa shape index (κ3) is 1.25. The molecule has 0 bridgehead atoms. The molecule has 0 amide bonds. The van der Waals surface area contributed by atoms with Crippen LogP contribution in [0.3, 0.4) is 0 Å². The average Bonchev–Trinajstić information content (AvgIpc) is 2.89. The third-order valence-corrected chi connectivity index (χ3v) is 3.93. The highest BCUT2D eigenvalue weighted by atomic mass is 35.5. The van der Waals surface area contributed by atoms with Crippen molar-refractivity contribution in [2.24, 2.45) is 5.73 Å². The smallest absolute Gasteiger partial charge is 0.231 e. The van der Waals surface area contributed by atoms with Crippen molar-refractivity contribution in [3.63, 3.8) is 0 Å². The van der Waals surface area contributed by atoms with E-state index in [1.54, 1.807) is 0 Å². The molecule has 1 aliphatic heterocycles. The summed E-state index contributed by atoms with van der Waals surface area (Å²) in [6, 6.07) is 1.85. The fraction of sp³-hybridized carbons (Fsp3) is 0.500. The minimum absolute atomic E-state index is 0.0855. The van der Waals surface area contributed by atoms with Crippen LogP contribution in [0.25, 0.3) is 0 Å². The maximum Gasteiger partial charge on any atom is 0.231 e. The molecule has 2 aliphatic rings. The molecular formula is C12H14ClNO2. The number of nitrogens with two attached hydrogens (primary N) is 1. The molecule has 1 heterocycles. The van der Waals surface area contributed by atoms with Crippen LogP contribution in [0.15, 0.2) is 6.07 Å². The van der Waals surface area contributed by atoms with Gasteiger partial charge in [0.15, 0.2) is 11.5 Å². The molecule has 0 aromatic heterocycles. The van der Waals surface area contributed by atoms with E-state index < -0.39 is 0 Å². The molecule has 1 aromatic rings. The fourth-order valence-corrected chi connectivity index (χ4v) is 2.97. The minimum atomic E-state index is 0.0855. The Morgan fingerprint density at radius 1 is 1.44 bits per heavy atom. The second kappa shape index (κ2) is 3.28. The quantitative estimate of drug-likeness (QED) is 0.862. The first-order chi connectivity index (χ1) is 7.68. The van der Waals surface area contributed by atoms with Gasteiger partial charge in [0, 0.05) is 28.6 Å². The van der Waals surface area contributed by atoms with Crippen molar-refractivity contribution in [2.75, 3.05) is 13.3 Å². The Hall–Kier alpha value is -0.930. The van der Waals surface area contributed by atoms with Crippen LogP contribution in [0.1, 0.15) is 24.0 Å². The van der Waals surface area contributed by atoms with Gasteiger partial charge >= 0.3 is 0 Å². The zero-order valence-electron chi connectivity index (χ0n) is 9.18. The van der Waals surface area contributed by atoms with Crippen molar-refractivity contribution in [3.8, 4) is 11.5 Å². The van der Waals surface area contributed by atoms with Gasteiger partial charge in [0.05, 0.1) is 0 Å². The number of rotatable bonds is 2. The number of ether oxygens (including phenoxy) is 2. The largest absolute Gasteiger partial charge is 0.454 e. The number of fused-ring (bicyclic) bond motifs is 1. The molecule has 3 rings (SSSR count). The molecule has 3 nitrogen and oxygen atoms in total. The van der Waals surface area contributed by atoms with Gasteiger partial charge in [-0.25, -0.2) is 0 Å². The predicted molar refractivity (Wildman–Crippen MR) is 62.3 cm³/mol. The van der Waals surface area contributed by atoms with Gasteiger partial charge in [0.25, 0.3) is 0 Å². The van der Waals surface area contributed by atoms with Crippen LogP contribution in [-0.4, -0.2) is 13.3 Å². The summed E-state index contributed by atoms with van der Waals surface area (Å²) in [6.07, 6.45) is 2.23. The van der Waals surface area contributed by atoms with Gasteiger partial charge in [-0.05, 0) is 25.3 Å². The van der Waals surface area contributed by atoms with Crippen molar-refractivity contribution in [1.29, 1.82) is 0 Å². The molecule has 0 atom stereocenters. The van der Waals surface area contributed by atoms with E-state index in [1.165, 1.54) is 0 Å². The maximum atomic E-state index is 6.33. The summed E-state index contributed by atoms with van der Waals surface area (Å²) in [5.74, 6) is 1.58. The first-order valence-electron chi connectivity index (χ1n) is 5.47. The maximum absolute atomic E-state index is 6.33. The summed E-state index contributed by atoms with van der Waals surface area (Å²) in [5, 5.41) is 0.754. The standard InChI is InChI=1S/C12H14ClNO2/c1-7-10(12(5-14)2-3-12)8(13)4-9-11(7)16-6-15-9/h4H,2-3,5-6,14H2,1H3. The summed E-state index contributed by atoms with van der Waals surface area (Å²) in [5.41, 5.74) is 8.18. The van der Waals surface area contributed by atoms with Gasteiger partial charge in [-0.2, -0.15) is 0 Å². The molecule has 0 radical (unpaired) electrons. The molecule has 86 valence electrons. The Morgan fingerprint density at radius 2 is 2.19 bits per heavy atom. The average molecular weight is 240 g/mol. The topological polar surface area (TPSA) is 44.5 Å². The molecule has 1 fully saturated rings. The van der Waals surface area contributed by atoms with Crippen molar-refractivity contribution in [3.05, 3.63) is 22.2 Å². The van der Waals surface area contributed by atoms with E-state index >= 15 is 0 Å². The first-order valence-corrected chi connectivity index (χ1v) is 5.85. The molecule has 0 spiro atoms. The molecule has 16 heavy (non-hydrogen) atoms. The van der Waals surface area contributed by atoms with Crippen molar-refractivity contribution in [1.82, 2.24) is 0 Å². The Labute approximate surface area is 99.5 Å². The van der Waals surface area contributed by atoms with Crippen LogP contribution in [0.2, 0.25) is 5.02 Å². The van der Waals surface area contributed by atoms with Crippen molar-refractivity contribution in [2.45, 2.75) is 25.2 Å². The highest BCUT2D eigenvalue weighted by Gasteiger charge is 2.46. The normalized spacial score (nSPS) is 19.9. The van der Waals surface area contributed by atoms with E-state index in [4.69, 9.17) is 26.8 Å². The van der Waals surface area contributed by atoms with Gasteiger partial charge in [-0.3, -0.25) is 0 Å². The lowest BCUT2D eigenvalue weighted by Gasteiger charge is -2.19. The third-order valence-electron chi connectivity index (χ3n) is 3.63. The zero-order valence-corrected chi connectivity index (χ0v) is 9.93. The summed E-state index contributed by atoms with van der Waals surface area (Å²) in [4.78, 5) is 0. The Bertz CT molecular complexity index is 455. The van der Waals surface area contributed by atoms with Gasteiger partial charge < -0.3 is 15.2 Å². The Balaban J connectivity index is 2.19. The van der Waals surface area contributed by atoms with E-state index in [0.29, 0.717) is 6.54 Å². The van der Waals surface area contributed by atoms with Crippen molar-refractivity contribution < 1.29 is 9.47 Å². The molecule has 2 N–H and O–H groups in total. The van der Waals surface area contributed by atoms with Crippen LogP contribution >= 0.6 is 11.6 Å². The summed E-state index contributed by atoms with van der Waals surface area (Å²) >= 11 is 6.33. The monoisotopic (exact) mass is 239 g/mol. The highest BCUT2D eigenvalue weighted by Crippen LogP contribution is 2.54. The first kappa shape index (κ1) is 10.2. The minimum Gasteiger partial charge on any atom is -0.454 e. The lowest BCUT2D eigenvalue weighted by atomic mass is 9.91. The van der Waals surface area contributed by atoms with E-state index in [0.717, 1.165) is 40.5 Å². The number of hydrogen-bond donors (Lipinski definition) is 1. The van der Waals surface area contributed by atoms with Gasteiger partial charge in [0.2, 0.25) is 6.79 Å². The summed E-state index contributed by atoms with van der Waals surface area (Å²) in [6.45, 7) is 2.96. The summed E-state index contributed by atoms with van der Waals surface area (Å²) in [7, 11) is 0. The molecule has 1 saturated carbocycles. The molecule has 1 aliphatic carbocycles. The van der Waals surface area contributed by atoms with Crippen LogP contribution in [-0.2, 0) is 5.41 Å². The van der Waals surface area contributed by atoms with Gasteiger partial charge in [0.1, 0.15) is 0 Å². The molecule has 1 aromatic carbocycles. The lowest BCUT2D eigenvalue weighted by molar-refractivity contribution is 0.173. The SMILES string of the molecule is Cc1c2c(cc(Cl)c1C1(CN)CC1)OCO2. The van der Waals surface area contributed by atoms with Crippen LogP contribution < -0.4 is 15.2 Å². The molecule has 4 heteroatoms. The molecule has 0 saturated heterocycles. The van der Waals surface area contributed by atoms with Crippen LogP contribution in [0.4, 0.5) is 0 Å². The van der Waals surface area contributed by atoms with E-state index in [1.807, 2.05) is 13.0 Å². The number of halogens is 1. The summed E-state index contributed by atoms with van der Waals surface area (Å²) < 4.78 is 10.8. The number of hydrogen-bond acceptors (Lipinski definition) is 3. The zero-order chi connectivity index (χ0) is 11.3. The Morgan fingerprint density at radius 3 is 2.81 bits per heavy atom. The fourth-order valence-electron chi connectivity index (χ4n) is 2.53. The van der Waals surface area contributed by atoms with Gasteiger partial charge in [-0.1, -0.05) is 11.6 Å². The highest BCUT2D eigenvalue weighted by molar-refractivity contribution is 6.32. The van der Waals surface area contributed by atoms with E-state index in [9.17, 15) is 0 Å².